The number of pyridine rings is 1. The Hall–Kier alpha value is -3.61. The highest BCUT2D eigenvalue weighted by Gasteiger charge is 2.34. The van der Waals surface area contributed by atoms with Gasteiger partial charge in [-0.05, 0) is 18.4 Å². The van der Waals surface area contributed by atoms with Crippen molar-refractivity contribution in [2.75, 3.05) is 31.6 Å². The molecule has 0 spiro atoms. The molecular weight excluding hydrogens is 480 g/mol. The summed E-state index contributed by atoms with van der Waals surface area (Å²) in [5.74, 6) is -0.663. The number of rotatable bonds is 8. The highest BCUT2D eigenvalue weighted by atomic mass is 32.1. The number of nitrogens with zero attached hydrogens (tertiary/aromatic N) is 6. The summed E-state index contributed by atoms with van der Waals surface area (Å²) in [7, 11) is 0. The molecule has 0 unspecified atom stereocenters. The van der Waals surface area contributed by atoms with Crippen LogP contribution in [0.1, 0.15) is 29.9 Å². The number of aryl methyl sites for hydroxylation is 1. The predicted octanol–water partition coefficient (Wildman–Crippen LogP) is 2.00. The topological polar surface area (TPSA) is 144 Å². The number of carbonyl (C=O) groups excluding carboxylic acids is 2. The van der Waals surface area contributed by atoms with Gasteiger partial charge in [0.05, 0.1) is 60.1 Å². The van der Waals surface area contributed by atoms with Crippen LogP contribution in [0.2, 0.25) is 0 Å². The van der Waals surface area contributed by atoms with E-state index in [0.717, 1.165) is 40.5 Å². The molecule has 1 aliphatic rings. The van der Waals surface area contributed by atoms with Crippen LogP contribution in [0.15, 0.2) is 30.9 Å². The lowest BCUT2D eigenvalue weighted by Gasteiger charge is -2.45. The fourth-order valence-electron chi connectivity index (χ4n) is 4.66. The monoisotopic (exact) mass is 508 g/mol. The smallest absolute Gasteiger partial charge is 0.253 e. The number of primary amides is 1. The molecule has 0 aliphatic carbocycles. The lowest BCUT2D eigenvalue weighted by atomic mass is 9.84. The highest BCUT2D eigenvalue weighted by molar-refractivity contribution is 7.21. The number of nitrogens with two attached hydrogens (primary N) is 1. The highest BCUT2D eigenvalue weighted by Crippen LogP contribution is 2.41. The Balaban J connectivity index is 1.54. The summed E-state index contributed by atoms with van der Waals surface area (Å²) in [4.78, 5) is 32.8. The number of aliphatic hydroxyl groups is 1. The fraction of sp³-hybridized carbons (Fsp3) is 0.375. The van der Waals surface area contributed by atoms with E-state index >= 15 is 0 Å². The number of hydrogen-bond donors (Lipinski definition) is 3. The van der Waals surface area contributed by atoms with Crippen LogP contribution in [-0.4, -0.2) is 72.4 Å². The summed E-state index contributed by atoms with van der Waals surface area (Å²) in [5.41, 5.74) is 9.75. The quantitative estimate of drug-likeness (QED) is 0.330. The van der Waals surface area contributed by atoms with E-state index in [4.69, 9.17) is 5.73 Å². The van der Waals surface area contributed by atoms with Crippen molar-refractivity contribution in [1.29, 1.82) is 0 Å². The van der Waals surface area contributed by atoms with E-state index in [1.54, 1.807) is 21.6 Å². The van der Waals surface area contributed by atoms with Crippen LogP contribution in [-0.2, 0) is 11.3 Å². The molecule has 4 aromatic rings. The van der Waals surface area contributed by atoms with Gasteiger partial charge in [0.2, 0.25) is 5.91 Å². The Kier molecular flexibility index (Phi) is 6.10. The predicted molar refractivity (Wildman–Crippen MR) is 137 cm³/mol. The Morgan fingerprint density at radius 3 is 2.69 bits per heavy atom. The zero-order chi connectivity index (χ0) is 25.6. The lowest BCUT2D eigenvalue weighted by molar-refractivity contribution is -0.120. The molecule has 0 radical (unpaired) electrons. The van der Waals surface area contributed by atoms with Gasteiger partial charge in [0.25, 0.3) is 5.91 Å². The molecule has 2 amide bonds. The number of anilines is 1. The Labute approximate surface area is 211 Å². The molecule has 1 fully saturated rings. The molecule has 0 aromatic carbocycles. The minimum Gasteiger partial charge on any atom is -0.394 e. The largest absolute Gasteiger partial charge is 0.394 e. The number of aromatic nitrogens is 5. The molecule has 11 nitrogen and oxygen atoms in total. The van der Waals surface area contributed by atoms with Gasteiger partial charge < -0.3 is 16.2 Å². The maximum absolute atomic E-state index is 12.7. The third-order valence-corrected chi connectivity index (χ3v) is 7.36. The molecule has 4 aromatic heterocycles. The lowest BCUT2D eigenvalue weighted by Crippen LogP contribution is -2.54. The van der Waals surface area contributed by atoms with Gasteiger partial charge in [0.1, 0.15) is 4.83 Å². The van der Waals surface area contributed by atoms with Crippen LogP contribution in [0, 0.1) is 12.3 Å². The summed E-state index contributed by atoms with van der Waals surface area (Å²) >= 11 is 1.37. The third-order valence-electron chi connectivity index (χ3n) is 6.14. The first-order valence-electron chi connectivity index (χ1n) is 11.6. The number of fused-ring (bicyclic) bond motifs is 1. The van der Waals surface area contributed by atoms with Gasteiger partial charge in [0, 0.05) is 36.1 Å². The minimum absolute atomic E-state index is 0.0345. The van der Waals surface area contributed by atoms with E-state index in [2.05, 4.69) is 39.2 Å². The molecule has 0 bridgehead atoms. The van der Waals surface area contributed by atoms with Crippen molar-refractivity contribution in [3.8, 4) is 21.7 Å². The molecule has 12 heteroatoms. The van der Waals surface area contributed by atoms with Crippen molar-refractivity contribution in [2.45, 2.75) is 27.3 Å². The first-order valence-corrected chi connectivity index (χ1v) is 12.4. The fourth-order valence-corrected chi connectivity index (χ4v) is 5.86. The maximum Gasteiger partial charge on any atom is 0.253 e. The van der Waals surface area contributed by atoms with E-state index in [-0.39, 0.29) is 17.9 Å². The molecular formula is C24H28N8O3S. The zero-order valence-electron chi connectivity index (χ0n) is 20.4. The van der Waals surface area contributed by atoms with E-state index in [0.29, 0.717) is 29.2 Å². The Morgan fingerprint density at radius 1 is 1.22 bits per heavy atom. The molecule has 5 rings (SSSR count). The standard InChI is InChI=1S/C24H28N8O3S/c1-14-17(6-16(8-26-14)29-19(34)11-30-12-24(2,3)13-30)20-21(15-7-27-31(10-15)4-5-33)36-23-18(22(25)35)9-28-32(20)23/h6-10,33H,4-5,11-13H2,1-3H3,(H2,25,35)(H,29,34). The van der Waals surface area contributed by atoms with Gasteiger partial charge in [-0.2, -0.15) is 10.2 Å². The molecule has 188 valence electrons. The van der Waals surface area contributed by atoms with Crippen LogP contribution >= 0.6 is 11.3 Å². The van der Waals surface area contributed by atoms with Gasteiger partial charge in [-0.1, -0.05) is 13.8 Å². The Bertz CT molecular complexity index is 1460. The maximum atomic E-state index is 12.7. The van der Waals surface area contributed by atoms with Crippen molar-refractivity contribution in [3.63, 3.8) is 0 Å². The van der Waals surface area contributed by atoms with Crippen LogP contribution in [0.3, 0.4) is 0 Å². The third kappa shape index (κ3) is 4.50. The van der Waals surface area contributed by atoms with Crippen LogP contribution in [0.5, 0.6) is 0 Å². The number of thiazole rings is 1. The molecule has 4 N–H and O–H groups in total. The molecule has 1 saturated heterocycles. The summed E-state index contributed by atoms with van der Waals surface area (Å²) in [6, 6.07) is 1.87. The van der Waals surface area contributed by atoms with Gasteiger partial charge in [-0.25, -0.2) is 4.52 Å². The summed E-state index contributed by atoms with van der Waals surface area (Å²) < 4.78 is 3.33. The first-order chi connectivity index (χ1) is 17.1. The zero-order valence-corrected chi connectivity index (χ0v) is 21.2. The van der Waals surface area contributed by atoms with E-state index in [1.165, 1.54) is 17.5 Å². The number of aliphatic hydroxyl groups excluding tert-OH is 1. The first kappa shape index (κ1) is 24.1. The second-order valence-corrected chi connectivity index (χ2v) is 10.8. The van der Waals surface area contributed by atoms with Gasteiger partial charge in [-0.3, -0.25) is 24.2 Å². The second-order valence-electron chi connectivity index (χ2n) is 9.85. The molecule has 0 atom stereocenters. The van der Waals surface area contributed by atoms with Gasteiger partial charge >= 0.3 is 0 Å². The molecule has 1 aliphatic heterocycles. The number of amides is 2. The second kappa shape index (κ2) is 9.12. The summed E-state index contributed by atoms with van der Waals surface area (Å²) in [6.45, 7) is 8.68. The van der Waals surface area contributed by atoms with Crippen LogP contribution in [0.25, 0.3) is 26.5 Å². The van der Waals surface area contributed by atoms with Crippen molar-refractivity contribution in [1.82, 2.24) is 29.3 Å². The molecule has 5 heterocycles. The van der Waals surface area contributed by atoms with Crippen LogP contribution < -0.4 is 11.1 Å². The number of likely N-dealkylation sites (tertiary alicyclic amines) is 1. The number of nitrogens with one attached hydrogen (secondary N) is 1. The van der Waals surface area contributed by atoms with Crippen molar-refractivity contribution in [3.05, 3.63) is 42.1 Å². The molecule has 36 heavy (non-hydrogen) atoms. The van der Waals surface area contributed by atoms with Crippen molar-refractivity contribution in [2.24, 2.45) is 11.1 Å². The van der Waals surface area contributed by atoms with Crippen molar-refractivity contribution >= 4 is 33.7 Å². The SMILES string of the molecule is Cc1ncc(NC(=O)CN2CC(C)(C)C2)cc1-c1c(-c2cnn(CCO)c2)sc2c(C(N)=O)cnn12. The number of hydrogen-bond acceptors (Lipinski definition) is 8. The summed E-state index contributed by atoms with van der Waals surface area (Å²) in [5, 5.41) is 21.0. The van der Waals surface area contributed by atoms with Crippen molar-refractivity contribution < 1.29 is 14.7 Å². The van der Waals surface area contributed by atoms with Gasteiger partial charge in [-0.15, -0.1) is 11.3 Å². The normalized spacial score (nSPS) is 15.2. The van der Waals surface area contributed by atoms with E-state index < -0.39 is 5.91 Å². The average molecular weight is 509 g/mol. The summed E-state index contributed by atoms with van der Waals surface area (Å²) in [6.07, 6.45) is 6.63. The van der Waals surface area contributed by atoms with E-state index in [1.807, 2.05) is 19.2 Å². The van der Waals surface area contributed by atoms with Crippen LogP contribution in [0.4, 0.5) is 5.69 Å². The van der Waals surface area contributed by atoms with Gasteiger partial charge in [0.15, 0.2) is 0 Å². The minimum atomic E-state index is -0.564. The average Bonchev–Trinajstić information content (AvgIpc) is 3.49. The molecule has 0 saturated carbocycles. The van der Waals surface area contributed by atoms with E-state index in [9.17, 15) is 14.7 Å². The Morgan fingerprint density at radius 2 is 2.00 bits per heavy atom. The number of carbonyl (C=O) groups is 2.